The second-order valence-electron chi connectivity index (χ2n) is 4.78. The highest BCUT2D eigenvalue weighted by molar-refractivity contribution is 5.64. The standard InChI is InChI=1S/C18H15N3/c1-13-5-6-17(10-15-7-8-20-12-15)21-18(13)16-4-2-3-14(9-16)11-19/h2-9,12,20H,10H2,1H3/i10D2. The molecule has 3 nitrogen and oxygen atoms in total. The Hall–Kier alpha value is -2.86. The van der Waals surface area contributed by atoms with E-state index in [1.807, 2.05) is 25.1 Å². The van der Waals surface area contributed by atoms with Crippen molar-refractivity contribution in [2.75, 3.05) is 0 Å². The van der Waals surface area contributed by atoms with Crippen molar-refractivity contribution in [2.45, 2.75) is 13.3 Å². The molecule has 1 aromatic carbocycles. The van der Waals surface area contributed by atoms with Gasteiger partial charge < -0.3 is 4.98 Å². The number of nitriles is 1. The van der Waals surface area contributed by atoms with E-state index in [1.165, 1.54) is 0 Å². The van der Waals surface area contributed by atoms with E-state index < -0.39 is 6.37 Å². The molecule has 0 aliphatic rings. The van der Waals surface area contributed by atoms with Crippen molar-refractivity contribution in [3.63, 3.8) is 0 Å². The molecule has 0 aliphatic carbocycles. The van der Waals surface area contributed by atoms with E-state index in [4.69, 9.17) is 8.00 Å². The number of hydrogen-bond donors (Lipinski definition) is 1. The normalized spacial score (nSPS) is 12.4. The van der Waals surface area contributed by atoms with Crippen molar-refractivity contribution in [2.24, 2.45) is 0 Å². The molecule has 0 saturated heterocycles. The summed E-state index contributed by atoms with van der Waals surface area (Å²) in [6.07, 6.45) is 1.64. The summed E-state index contributed by atoms with van der Waals surface area (Å²) in [5, 5.41) is 9.05. The van der Waals surface area contributed by atoms with Gasteiger partial charge in [0.15, 0.2) is 0 Å². The quantitative estimate of drug-likeness (QED) is 0.789. The average Bonchev–Trinajstić information content (AvgIpc) is 3.10. The summed E-state index contributed by atoms with van der Waals surface area (Å²) in [5.74, 6) is 0. The third kappa shape index (κ3) is 2.85. The van der Waals surface area contributed by atoms with Gasteiger partial charge in [-0.15, -0.1) is 0 Å². The number of nitrogens with zero attached hydrogens (tertiary/aromatic N) is 2. The minimum atomic E-state index is -1.69. The van der Waals surface area contributed by atoms with Crippen molar-refractivity contribution in [1.29, 1.82) is 5.26 Å². The lowest BCUT2D eigenvalue weighted by molar-refractivity contribution is 1.07. The van der Waals surface area contributed by atoms with Gasteiger partial charge in [0.25, 0.3) is 0 Å². The summed E-state index contributed by atoms with van der Waals surface area (Å²) in [6.45, 7) is 1.93. The SMILES string of the molecule is [2H]C([2H])(c1cc[nH]c1)c1ccc(C)c(-c2cccc(C#N)c2)n1. The van der Waals surface area contributed by atoms with E-state index in [9.17, 15) is 0 Å². The molecule has 0 bridgehead atoms. The van der Waals surface area contributed by atoms with E-state index in [0.717, 1.165) is 11.1 Å². The molecule has 0 amide bonds. The number of nitrogens with one attached hydrogen (secondary N) is 1. The Labute approximate surface area is 126 Å². The summed E-state index contributed by atoms with van der Waals surface area (Å²) in [4.78, 5) is 7.42. The molecule has 2 aromatic heterocycles. The van der Waals surface area contributed by atoms with Crippen molar-refractivity contribution >= 4 is 0 Å². The zero-order valence-corrected chi connectivity index (χ0v) is 11.6. The van der Waals surface area contributed by atoms with Gasteiger partial charge in [-0.1, -0.05) is 18.2 Å². The van der Waals surface area contributed by atoms with Gasteiger partial charge in [0.2, 0.25) is 0 Å². The Bertz CT molecular complexity index is 878. The van der Waals surface area contributed by atoms with Gasteiger partial charge >= 0.3 is 0 Å². The Kier molecular flexibility index (Phi) is 2.92. The number of H-pyrrole nitrogens is 1. The molecule has 3 heteroatoms. The van der Waals surface area contributed by atoms with Crippen LogP contribution in [0.3, 0.4) is 0 Å². The molecule has 3 rings (SSSR count). The fourth-order valence-electron chi connectivity index (χ4n) is 2.18. The molecule has 1 N–H and O–H groups in total. The van der Waals surface area contributed by atoms with Crippen LogP contribution in [0.25, 0.3) is 11.3 Å². The highest BCUT2D eigenvalue weighted by Gasteiger charge is 2.07. The molecule has 0 spiro atoms. The Morgan fingerprint density at radius 1 is 1.29 bits per heavy atom. The molecule has 0 saturated carbocycles. The van der Waals surface area contributed by atoms with Crippen LogP contribution in [-0.2, 0) is 6.37 Å². The van der Waals surface area contributed by atoms with E-state index in [1.54, 1.807) is 36.7 Å². The molecule has 0 fully saturated rings. The molecular weight excluding hydrogens is 258 g/mol. The predicted octanol–water partition coefficient (Wildman–Crippen LogP) is 3.85. The second-order valence-corrected chi connectivity index (χ2v) is 4.78. The van der Waals surface area contributed by atoms with Crippen LogP contribution in [0, 0.1) is 18.3 Å². The summed E-state index contributed by atoms with van der Waals surface area (Å²) >= 11 is 0. The minimum absolute atomic E-state index is 0.347. The molecule has 0 radical (unpaired) electrons. The van der Waals surface area contributed by atoms with Crippen molar-refractivity contribution < 1.29 is 2.74 Å². The highest BCUT2D eigenvalue weighted by Crippen LogP contribution is 2.23. The second kappa shape index (κ2) is 5.64. The van der Waals surface area contributed by atoms with Gasteiger partial charge in [0.1, 0.15) is 0 Å². The van der Waals surface area contributed by atoms with Crippen LogP contribution in [0.1, 0.15) is 25.1 Å². The van der Waals surface area contributed by atoms with E-state index in [0.29, 0.717) is 22.5 Å². The van der Waals surface area contributed by atoms with Crippen molar-refractivity contribution in [1.82, 2.24) is 9.97 Å². The topological polar surface area (TPSA) is 52.5 Å². The summed E-state index contributed by atoms with van der Waals surface area (Å²) in [7, 11) is 0. The number of aryl methyl sites for hydroxylation is 1. The lowest BCUT2D eigenvalue weighted by Crippen LogP contribution is -1.96. The van der Waals surface area contributed by atoms with Crippen molar-refractivity contribution in [3.05, 3.63) is 77.2 Å². The minimum Gasteiger partial charge on any atom is -0.367 e. The molecule has 21 heavy (non-hydrogen) atoms. The zero-order chi connectivity index (χ0) is 16.4. The van der Waals surface area contributed by atoms with Gasteiger partial charge in [-0.2, -0.15) is 5.26 Å². The van der Waals surface area contributed by atoms with E-state index >= 15 is 0 Å². The third-order valence-corrected chi connectivity index (χ3v) is 3.23. The first-order chi connectivity index (χ1) is 11.0. The number of benzene rings is 1. The monoisotopic (exact) mass is 275 g/mol. The zero-order valence-electron chi connectivity index (χ0n) is 13.6. The van der Waals surface area contributed by atoms with Crippen LogP contribution < -0.4 is 0 Å². The van der Waals surface area contributed by atoms with E-state index in [-0.39, 0.29) is 0 Å². The maximum atomic E-state index is 9.05. The van der Waals surface area contributed by atoms with Crippen molar-refractivity contribution in [3.8, 4) is 17.3 Å². The van der Waals surface area contributed by atoms with Gasteiger partial charge in [-0.3, -0.25) is 4.98 Å². The number of pyridine rings is 1. The molecule has 0 aliphatic heterocycles. The maximum Gasteiger partial charge on any atom is 0.0991 e. The smallest absolute Gasteiger partial charge is 0.0991 e. The molecule has 3 aromatic rings. The highest BCUT2D eigenvalue weighted by atomic mass is 14.7. The first kappa shape index (κ1) is 10.9. The summed E-state index contributed by atoms with van der Waals surface area (Å²) in [6, 6.07) is 14.6. The molecule has 0 atom stereocenters. The lowest BCUT2D eigenvalue weighted by atomic mass is 10.0. The maximum absolute atomic E-state index is 9.05. The van der Waals surface area contributed by atoms with Crippen LogP contribution in [0.15, 0.2) is 54.9 Å². The van der Waals surface area contributed by atoms with Crippen LogP contribution in [0.2, 0.25) is 0 Å². The van der Waals surface area contributed by atoms with Gasteiger partial charge in [-0.25, -0.2) is 0 Å². The first-order valence-electron chi connectivity index (χ1n) is 7.64. The molecular formula is C18H15N3. The van der Waals surface area contributed by atoms with Crippen LogP contribution >= 0.6 is 0 Å². The number of aromatic amines is 1. The predicted molar refractivity (Wildman–Crippen MR) is 82.7 cm³/mol. The fraction of sp³-hybridized carbons (Fsp3) is 0.111. The molecule has 102 valence electrons. The number of hydrogen-bond acceptors (Lipinski definition) is 2. The van der Waals surface area contributed by atoms with Gasteiger partial charge in [0.05, 0.1) is 17.3 Å². The van der Waals surface area contributed by atoms with Gasteiger partial charge in [-0.05, 0) is 42.3 Å². The average molecular weight is 275 g/mol. The largest absolute Gasteiger partial charge is 0.367 e. The van der Waals surface area contributed by atoms with Crippen LogP contribution in [0.5, 0.6) is 0 Å². The van der Waals surface area contributed by atoms with Gasteiger partial charge in [0, 0.05) is 32.8 Å². The Morgan fingerprint density at radius 3 is 2.95 bits per heavy atom. The molecule has 0 unspecified atom stereocenters. The third-order valence-electron chi connectivity index (χ3n) is 3.23. The summed E-state index contributed by atoms with van der Waals surface area (Å²) < 4.78 is 16.7. The summed E-state index contributed by atoms with van der Waals surface area (Å²) in [5.41, 5.74) is 3.88. The number of aromatic nitrogens is 2. The van der Waals surface area contributed by atoms with Crippen LogP contribution in [-0.4, -0.2) is 9.97 Å². The Balaban J connectivity index is 2.11. The van der Waals surface area contributed by atoms with Crippen LogP contribution in [0.4, 0.5) is 0 Å². The van der Waals surface area contributed by atoms with E-state index in [2.05, 4.69) is 16.0 Å². The fourth-order valence-corrected chi connectivity index (χ4v) is 2.18. The number of rotatable bonds is 3. The Morgan fingerprint density at radius 2 is 2.19 bits per heavy atom. The first-order valence-corrected chi connectivity index (χ1v) is 6.64. The molecule has 2 heterocycles. The lowest BCUT2D eigenvalue weighted by Gasteiger charge is -2.08.